The topological polar surface area (TPSA) is 67.9 Å². The number of hydrogen-bond donors (Lipinski definition) is 1. The van der Waals surface area contributed by atoms with Crippen LogP contribution >= 0.6 is 0 Å². The Hall–Kier alpha value is -3.02. The van der Waals surface area contributed by atoms with Crippen molar-refractivity contribution in [3.05, 3.63) is 53.6 Å². The Balaban J connectivity index is 1.56. The monoisotopic (exact) mass is 450 g/mol. The van der Waals surface area contributed by atoms with Crippen molar-refractivity contribution in [3.8, 4) is 11.5 Å². The molecular weight excluding hydrogens is 416 g/mol. The minimum Gasteiger partial charge on any atom is -0.497 e. The molecule has 2 amide bonds. The van der Waals surface area contributed by atoms with Crippen molar-refractivity contribution in [1.82, 2.24) is 4.90 Å². The molecule has 6 heteroatoms. The molecule has 2 fully saturated rings. The number of aryl methyl sites for hydroxylation is 1. The fourth-order valence-corrected chi connectivity index (χ4v) is 5.20. The molecule has 0 aromatic heterocycles. The summed E-state index contributed by atoms with van der Waals surface area (Å²) in [6.45, 7) is 3.21. The fraction of sp³-hybridized carbons (Fsp3) is 0.481. The Morgan fingerprint density at radius 2 is 1.76 bits per heavy atom. The van der Waals surface area contributed by atoms with Crippen molar-refractivity contribution >= 4 is 17.5 Å². The number of nitrogens with one attached hydrogen (secondary N) is 1. The van der Waals surface area contributed by atoms with Crippen LogP contribution < -0.4 is 14.8 Å². The van der Waals surface area contributed by atoms with E-state index in [0.29, 0.717) is 36.7 Å². The van der Waals surface area contributed by atoms with E-state index in [1.54, 1.807) is 32.4 Å². The number of rotatable bonds is 6. The van der Waals surface area contributed by atoms with Crippen LogP contribution in [0.4, 0.5) is 5.69 Å². The van der Waals surface area contributed by atoms with E-state index in [0.717, 1.165) is 25.7 Å². The van der Waals surface area contributed by atoms with Gasteiger partial charge in [0.2, 0.25) is 11.8 Å². The van der Waals surface area contributed by atoms with Gasteiger partial charge >= 0.3 is 0 Å². The van der Waals surface area contributed by atoms with Gasteiger partial charge in [0.1, 0.15) is 11.5 Å². The lowest BCUT2D eigenvalue weighted by atomic mass is 9.83. The van der Waals surface area contributed by atoms with Crippen LogP contribution in [0.5, 0.6) is 11.5 Å². The van der Waals surface area contributed by atoms with E-state index in [1.807, 2.05) is 4.90 Å². The average molecular weight is 451 g/mol. The smallest absolute Gasteiger partial charge is 0.229 e. The molecule has 0 radical (unpaired) electrons. The van der Waals surface area contributed by atoms with Crippen molar-refractivity contribution in [3.63, 3.8) is 0 Å². The van der Waals surface area contributed by atoms with E-state index >= 15 is 0 Å². The number of carbonyl (C=O) groups excluding carboxylic acids is 2. The summed E-state index contributed by atoms with van der Waals surface area (Å²) in [6, 6.07) is 13.8. The number of piperidine rings is 1. The third-order valence-electron chi connectivity index (χ3n) is 7.02. The molecule has 1 saturated heterocycles. The molecule has 0 bridgehead atoms. The number of likely N-dealkylation sites (tertiary alicyclic amines) is 1. The SMILES string of the molecule is COc1ccc(NC(=O)C2CC(c3cccc(C)c3)CN(C(=O)C3CCCC3)C2)c(OC)c1. The number of hydrogen-bond acceptors (Lipinski definition) is 4. The van der Waals surface area contributed by atoms with Crippen LogP contribution in [0.25, 0.3) is 0 Å². The first-order chi connectivity index (χ1) is 16.0. The van der Waals surface area contributed by atoms with Gasteiger partial charge in [0.05, 0.1) is 25.8 Å². The molecular formula is C27H34N2O4. The number of benzene rings is 2. The van der Waals surface area contributed by atoms with Gasteiger partial charge in [-0.3, -0.25) is 9.59 Å². The first-order valence-corrected chi connectivity index (χ1v) is 11.9. The quantitative estimate of drug-likeness (QED) is 0.688. The lowest BCUT2D eigenvalue weighted by molar-refractivity contribution is -0.138. The third kappa shape index (κ3) is 5.32. The minimum absolute atomic E-state index is 0.0833. The van der Waals surface area contributed by atoms with E-state index in [4.69, 9.17) is 9.47 Å². The van der Waals surface area contributed by atoms with E-state index in [-0.39, 0.29) is 29.6 Å². The molecule has 6 nitrogen and oxygen atoms in total. The standard InChI is InChI=1S/C27H34N2O4/c1-18-7-6-10-20(13-18)21-14-22(17-29(16-21)27(31)19-8-4-5-9-19)26(30)28-24-12-11-23(32-2)15-25(24)33-3/h6-7,10-13,15,19,21-22H,4-5,8-9,14,16-17H2,1-3H3,(H,28,30). The van der Waals surface area contributed by atoms with Gasteiger partial charge < -0.3 is 19.7 Å². The highest BCUT2D eigenvalue weighted by Crippen LogP contribution is 2.35. The molecule has 176 valence electrons. The van der Waals surface area contributed by atoms with Crippen LogP contribution in [-0.2, 0) is 9.59 Å². The van der Waals surface area contributed by atoms with Crippen LogP contribution in [0.3, 0.4) is 0 Å². The van der Waals surface area contributed by atoms with Gasteiger partial charge in [-0.1, -0.05) is 42.7 Å². The molecule has 33 heavy (non-hydrogen) atoms. The maximum absolute atomic E-state index is 13.4. The van der Waals surface area contributed by atoms with Gasteiger partial charge in [-0.15, -0.1) is 0 Å². The molecule has 2 atom stereocenters. The van der Waals surface area contributed by atoms with Crippen molar-refractivity contribution in [2.24, 2.45) is 11.8 Å². The summed E-state index contributed by atoms with van der Waals surface area (Å²) in [5.74, 6) is 1.29. The number of nitrogens with zero attached hydrogens (tertiary/aromatic N) is 1. The summed E-state index contributed by atoms with van der Waals surface area (Å²) in [4.78, 5) is 28.6. The highest BCUT2D eigenvalue weighted by Gasteiger charge is 2.37. The number of ether oxygens (including phenoxy) is 2. The number of carbonyl (C=O) groups is 2. The van der Waals surface area contributed by atoms with E-state index in [9.17, 15) is 9.59 Å². The number of amides is 2. The first-order valence-electron chi connectivity index (χ1n) is 11.9. The van der Waals surface area contributed by atoms with E-state index < -0.39 is 0 Å². The second-order valence-electron chi connectivity index (χ2n) is 9.32. The number of anilines is 1. The first kappa shape index (κ1) is 23.1. The molecule has 1 saturated carbocycles. The zero-order valence-corrected chi connectivity index (χ0v) is 19.8. The Bertz CT molecular complexity index is 999. The summed E-state index contributed by atoms with van der Waals surface area (Å²) >= 11 is 0. The molecule has 1 aliphatic carbocycles. The van der Waals surface area contributed by atoms with Gasteiger partial charge in [0.25, 0.3) is 0 Å². The van der Waals surface area contributed by atoms with Gasteiger partial charge in [0.15, 0.2) is 0 Å². The summed E-state index contributed by atoms with van der Waals surface area (Å²) in [5.41, 5.74) is 2.99. The van der Waals surface area contributed by atoms with Gasteiger partial charge in [-0.25, -0.2) is 0 Å². The maximum atomic E-state index is 13.4. The second kappa shape index (κ2) is 10.3. The van der Waals surface area contributed by atoms with Crippen LogP contribution in [-0.4, -0.2) is 44.0 Å². The normalized spacial score (nSPS) is 21.0. The largest absolute Gasteiger partial charge is 0.497 e. The van der Waals surface area contributed by atoms with Crippen LogP contribution in [0.1, 0.15) is 49.1 Å². The Morgan fingerprint density at radius 3 is 2.45 bits per heavy atom. The second-order valence-corrected chi connectivity index (χ2v) is 9.32. The molecule has 2 aromatic carbocycles. The van der Waals surface area contributed by atoms with E-state index in [1.165, 1.54) is 11.1 Å². The minimum atomic E-state index is -0.290. The molecule has 4 rings (SSSR count). The Morgan fingerprint density at radius 1 is 0.970 bits per heavy atom. The van der Waals surface area contributed by atoms with Crippen molar-refractivity contribution in [2.45, 2.75) is 44.9 Å². The third-order valence-corrected chi connectivity index (χ3v) is 7.02. The summed E-state index contributed by atoms with van der Waals surface area (Å²) in [6.07, 6.45) is 4.87. The summed E-state index contributed by atoms with van der Waals surface area (Å²) < 4.78 is 10.7. The lowest BCUT2D eigenvalue weighted by Crippen LogP contribution is -2.48. The highest BCUT2D eigenvalue weighted by atomic mass is 16.5. The van der Waals surface area contributed by atoms with Crippen LogP contribution in [0.2, 0.25) is 0 Å². The fourth-order valence-electron chi connectivity index (χ4n) is 5.20. The van der Waals surface area contributed by atoms with Crippen LogP contribution in [0.15, 0.2) is 42.5 Å². The maximum Gasteiger partial charge on any atom is 0.229 e. The van der Waals surface area contributed by atoms with Crippen LogP contribution in [0, 0.1) is 18.8 Å². The zero-order chi connectivity index (χ0) is 23.4. The van der Waals surface area contributed by atoms with E-state index in [2.05, 4.69) is 36.5 Å². The molecule has 2 aromatic rings. The Kier molecular flexibility index (Phi) is 7.21. The molecule has 2 aliphatic rings. The molecule has 2 unspecified atom stereocenters. The summed E-state index contributed by atoms with van der Waals surface area (Å²) in [5, 5.41) is 3.04. The molecule has 0 spiro atoms. The van der Waals surface area contributed by atoms with Crippen molar-refractivity contribution in [1.29, 1.82) is 0 Å². The molecule has 1 N–H and O–H groups in total. The number of methoxy groups -OCH3 is 2. The van der Waals surface area contributed by atoms with Gasteiger partial charge in [-0.2, -0.15) is 0 Å². The lowest BCUT2D eigenvalue weighted by Gasteiger charge is -2.38. The van der Waals surface area contributed by atoms with Crippen molar-refractivity contribution < 1.29 is 19.1 Å². The average Bonchev–Trinajstić information content (AvgIpc) is 3.38. The predicted octanol–water partition coefficient (Wildman–Crippen LogP) is 4.77. The molecule has 1 heterocycles. The summed E-state index contributed by atoms with van der Waals surface area (Å²) in [7, 11) is 3.16. The zero-order valence-electron chi connectivity index (χ0n) is 19.8. The van der Waals surface area contributed by atoms with Gasteiger partial charge in [0, 0.05) is 31.0 Å². The highest BCUT2D eigenvalue weighted by molar-refractivity contribution is 5.95. The van der Waals surface area contributed by atoms with Gasteiger partial charge in [-0.05, 0) is 43.9 Å². The predicted molar refractivity (Wildman–Crippen MR) is 129 cm³/mol. The Labute approximate surface area is 196 Å². The van der Waals surface area contributed by atoms with Crippen molar-refractivity contribution in [2.75, 3.05) is 32.6 Å². The molecule has 1 aliphatic heterocycles.